The van der Waals surface area contributed by atoms with Crippen LogP contribution in [0.25, 0.3) is 0 Å². The fraction of sp³-hybridized carbons (Fsp3) is 0.417. The lowest BCUT2D eigenvalue weighted by molar-refractivity contribution is -0.122. The van der Waals surface area contributed by atoms with Crippen molar-refractivity contribution < 1.29 is 14.3 Å². The van der Waals surface area contributed by atoms with Crippen molar-refractivity contribution in [2.75, 3.05) is 37.7 Å². The van der Waals surface area contributed by atoms with Crippen LogP contribution in [0.1, 0.15) is 36.4 Å². The molecule has 0 saturated carbocycles. The first-order valence-corrected chi connectivity index (χ1v) is 10.7. The number of carbonyl (C=O) groups is 2. The van der Waals surface area contributed by atoms with E-state index < -0.39 is 0 Å². The third-order valence-corrected chi connectivity index (χ3v) is 5.88. The maximum Gasteiger partial charge on any atom is 0.265 e. The quantitative estimate of drug-likeness (QED) is 0.766. The van der Waals surface area contributed by atoms with Crippen LogP contribution in [0.2, 0.25) is 0 Å². The maximum atomic E-state index is 12.6. The van der Waals surface area contributed by atoms with Crippen molar-refractivity contribution in [3.05, 3.63) is 59.7 Å². The Bertz CT molecular complexity index is 894. The summed E-state index contributed by atoms with van der Waals surface area (Å²) in [4.78, 5) is 29.1. The Morgan fingerprint density at radius 3 is 2.67 bits per heavy atom. The monoisotopic (exact) mass is 407 g/mol. The highest BCUT2D eigenvalue weighted by Gasteiger charge is 2.27. The average Bonchev–Trinajstić information content (AvgIpc) is 3.28. The number of nitrogens with one attached hydrogen (secondary N) is 1. The van der Waals surface area contributed by atoms with Crippen LogP contribution >= 0.6 is 0 Å². The number of anilines is 1. The van der Waals surface area contributed by atoms with Gasteiger partial charge in [0, 0.05) is 19.5 Å². The number of likely N-dealkylation sites (tertiary alicyclic amines) is 1. The second-order valence-electron chi connectivity index (χ2n) is 8.03. The smallest absolute Gasteiger partial charge is 0.265 e. The van der Waals surface area contributed by atoms with Crippen LogP contribution in [0.4, 0.5) is 5.69 Å². The molecular weight excluding hydrogens is 378 g/mol. The van der Waals surface area contributed by atoms with E-state index >= 15 is 0 Å². The summed E-state index contributed by atoms with van der Waals surface area (Å²) < 4.78 is 5.52. The molecule has 158 valence electrons. The molecule has 6 nitrogen and oxygen atoms in total. The molecule has 2 aromatic carbocycles. The molecule has 1 unspecified atom stereocenters. The summed E-state index contributed by atoms with van der Waals surface area (Å²) >= 11 is 0. The van der Waals surface area contributed by atoms with Crippen molar-refractivity contribution in [2.45, 2.75) is 32.2 Å². The number of carbonyl (C=O) groups excluding carboxylic acids is 2. The lowest BCUT2D eigenvalue weighted by Crippen LogP contribution is -2.42. The molecule has 2 heterocycles. The number of nitrogens with zero attached hydrogens (tertiary/aromatic N) is 2. The molecule has 2 amide bonds. The number of benzene rings is 2. The molecule has 0 radical (unpaired) electrons. The highest BCUT2D eigenvalue weighted by atomic mass is 16.5. The fourth-order valence-electron chi connectivity index (χ4n) is 4.26. The number of amides is 2. The Kier molecular flexibility index (Phi) is 6.33. The molecule has 4 rings (SSSR count). The number of fused-ring (bicyclic) bond motifs is 1. The fourth-order valence-corrected chi connectivity index (χ4v) is 4.26. The first-order chi connectivity index (χ1) is 14.6. The van der Waals surface area contributed by atoms with Gasteiger partial charge < -0.3 is 15.0 Å². The third kappa shape index (κ3) is 4.65. The molecule has 2 aliphatic rings. The molecule has 1 atom stereocenters. The van der Waals surface area contributed by atoms with Crippen LogP contribution in [0.15, 0.2) is 48.5 Å². The first kappa shape index (κ1) is 20.4. The van der Waals surface area contributed by atoms with E-state index in [4.69, 9.17) is 4.74 Å². The van der Waals surface area contributed by atoms with Gasteiger partial charge in [0.1, 0.15) is 5.75 Å². The number of hydrogen-bond donors (Lipinski definition) is 1. The molecule has 0 aliphatic carbocycles. The highest BCUT2D eigenvalue weighted by Crippen LogP contribution is 2.33. The third-order valence-electron chi connectivity index (χ3n) is 5.88. The lowest BCUT2D eigenvalue weighted by Gasteiger charge is -2.30. The van der Waals surface area contributed by atoms with Gasteiger partial charge in [-0.25, -0.2) is 0 Å². The Labute approximate surface area is 177 Å². The molecule has 1 N–H and O–H groups in total. The van der Waals surface area contributed by atoms with Crippen molar-refractivity contribution in [1.29, 1.82) is 0 Å². The van der Waals surface area contributed by atoms with E-state index in [-0.39, 0.29) is 30.9 Å². The second-order valence-corrected chi connectivity index (χ2v) is 8.03. The Hall–Kier alpha value is -2.86. The Morgan fingerprint density at radius 2 is 1.90 bits per heavy atom. The van der Waals surface area contributed by atoms with E-state index in [1.807, 2.05) is 43.3 Å². The molecular formula is C24H29N3O3. The molecule has 0 spiro atoms. The topological polar surface area (TPSA) is 61.9 Å². The number of hydrogen-bond acceptors (Lipinski definition) is 4. The summed E-state index contributed by atoms with van der Waals surface area (Å²) in [5.41, 5.74) is 3.03. The molecule has 2 aliphatic heterocycles. The number of ether oxygens (including phenoxy) is 1. The van der Waals surface area contributed by atoms with Gasteiger partial charge in [-0.15, -0.1) is 0 Å². The van der Waals surface area contributed by atoms with E-state index in [1.165, 1.54) is 18.4 Å². The van der Waals surface area contributed by atoms with Crippen LogP contribution in [0, 0.1) is 6.92 Å². The zero-order chi connectivity index (χ0) is 20.9. The molecule has 1 fully saturated rings. The summed E-state index contributed by atoms with van der Waals surface area (Å²) in [5.74, 6) is 0.544. The highest BCUT2D eigenvalue weighted by molar-refractivity contribution is 5.98. The van der Waals surface area contributed by atoms with Crippen molar-refractivity contribution in [2.24, 2.45) is 0 Å². The van der Waals surface area contributed by atoms with Gasteiger partial charge in [-0.3, -0.25) is 14.5 Å². The predicted octanol–water partition coefficient (Wildman–Crippen LogP) is 3.06. The second kappa shape index (κ2) is 9.30. The van der Waals surface area contributed by atoms with Gasteiger partial charge in [-0.1, -0.05) is 36.4 Å². The minimum absolute atomic E-state index is 0.0166. The van der Waals surface area contributed by atoms with Crippen LogP contribution in [-0.4, -0.2) is 49.5 Å². The van der Waals surface area contributed by atoms with Gasteiger partial charge in [0.15, 0.2) is 6.61 Å². The summed E-state index contributed by atoms with van der Waals surface area (Å²) in [7, 11) is 0. The maximum absolute atomic E-state index is 12.6. The van der Waals surface area contributed by atoms with Crippen molar-refractivity contribution in [1.82, 2.24) is 10.2 Å². The molecule has 6 heteroatoms. The van der Waals surface area contributed by atoms with E-state index in [0.29, 0.717) is 18.8 Å². The normalized spacial score (nSPS) is 17.4. The SMILES string of the molecule is Cc1ccc2c(c1)N(CCC(=O)NCC(c1ccccc1)N1CCCC1)C(=O)CO2. The van der Waals surface area contributed by atoms with Gasteiger partial charge in [-0.2, -0.15) is 0 Å². The van der Waals surface area contributed by atoms with Crippen molar-refractivity contribution in [3.63, 3.8) is 0 Å². The molecule has 0 aromatic heterocycles. The number of rotatable bonds is 7. The van der Waals surface area contributed by atoms with E-state index in [9.17, 15) is 9.59 Å². The summed E-state index contributed by atoms with van der Waals surface area (Å²) in [6, 6.07) is 16.3. The molecule has 30 heavy (non-hydrogen) atoms. The van der Waals surface area contributed by atoms with Crippen LogP contribution < -0.4 is 15.0 Å². The first-order valence-electron chi connectivity index (χ1n) is 10.7. The van der Waals surface area contributed by atoms with E-state index in [0.717, 1.165) is 24.3 Å². The predicted molar refractivity (Wildman–Crippen MR) is 117 cm³/mol. The summed E-state index contributed by atoms with van der Waals surface area (Å²) in [5, 5.41) is 3.10. The van der Waals surface area contributed by atoms with Gasteiger partial charge in [0.2, 0.25) is 5.91 Å². The average molecular weight is 408 g/mol. The molecule has 1 saturated heterocycles. The lowest BCUT2D eigenvalue weighted by atomic mass is 10.1. The van der Waals surface area contributed by atoms with Gasteiger partial charge >= 0.3 is 0 Å². The number of aryl methyl sites for hydroxylation is 1. The summed E-state index contributed by atoms with van der Waals surface area (Å²) in [6.07, 6.45) is 2.67. The van der Waals surface area contributed by atoms with Crippen LogP contribution in [-0.2, 0) is 9.59 Å². The summed E-state index contributed by atoms with van der Waals surface area (Å²) in [6.45, 7) is 5.05. The minimum atomic E-state index is -0.111. The minimum Gasteiger partial charge on any atom is -0.482 e. The zero-order valence-electron chi connectivity index (χ0n) is 17.5. The standard InChI is InChI=1S/C24H29N3O3/c1-18-9-10-22-20(15-18)27(24(29)17-30-22)14-11-23(28)25-16-21(26-12-5-6-13-26)19-7-3-2-4-8-19/h2-4,7-10,15,21H,5-6,11-14,16-17H2,1H3,(H,25,28). The largest absolute Gasteiger partial charge is 0.482 e. The van der Waals surface area contributed by atoms with Crippen LogP contribution in [0.5, 0.6) is 5.75 Å². The Morgan fingerprint density at radius 1 is 1.13 bits per heavy atom. The zero-order valence-corrected chi connectivity index (χ0v) is 17.5. The van der Waals surface area contributed by atoms with Gasteiger partial charge in [0.05, 0.1) is 11.7 Å². The Balaban J connectivity index is 1.36. The molecule has 0 bridgehead atoms. The van der Waals surface area contributed by atoms with E-state index in [1.54, 1.807) is 4.90 Å². The van der Waals surface area contributed by atoms with Gasteiger partial charge in [-0.05, 0) is 56.1 Å². The van der Waals surface area contributed by atoms with Crippen molar-refractivity contribution >= 4 is 17.5 Å². The van der Waals surface area contributed by atoms with Crippen LogP contribution in [0.3, 0.4) is 0 Å². The van der Waals surface area contributed by atoms with Gasteiger partial charge in [0.25, 0.3) is 5.91 Å². The van der Waals surface area contributed by atoms with E-state index in [2.05, 4.69) is 22.3 Å². The molecule has 2 aromatic rings. The van der Waals surface area contributed by atoms with Crippen molar-refractivity contribution in [3.8, 4) is 5.75 Å².